The molecule has 0 fully saturated rings. The summed E-state index contributed by atoms with van der Waals surface area (Å²) in [6.07, 6.45) is 1.79. The van der Waals surface area contributed by atoms with E-state index in [-0.39, 0.29) is 5.91 Å². The van der Waals surface area contributed by atoms with Crippen molar-refractivity contribution in [2.24, 2.45) is 0 Å². The summed E-state index contributed by atoms with van der Waals surface area (Å²) in [4.78, 5) is 20.2. The second-order valence-corrected chi connectivity index (χ2v) is 8.00. The largest absolute Gasteiger partial charge is 0.342 e. The standard InChI is InChI=1S/C19H20BrN3OS/c1-13-8-18(14(2)23(13)10-16-6-4-5-7-21-16)19(24)22(3)11-17-9-15(20)12-25-17/h4-9,12H,10-11H2,1-3H3. The van der Waals surface area contributed by atoms with Crippen LogP contribution >= 0.6 is 27.3 Å². The van der Waals surface area contributed by atoms with Gasteiger partial charge >= 0.3 is 0 Å². The Labute approximate surface area is 160 Å². The third-order valence-electron chi connectivity index (χ3n) is 4.21. The Morgan fingerprint density at radius 2 is 2.12 bits per heavy atom. The molecule has 3 aromatic heterocycles. The summed E-state index contributed by atoms with van der Waals surface area (Å²) in [5, 5.41) is 2.03. The Bertz CT molecular complexity index is 885. The van der Waals surface area contributed by atoms with Crippen molar-refractivity contribution in [3.05, 3.63) is 73.9 Å². The van der Waals surface area contributed by atoms with Gasteiger partial charge < -0.3 is 9.47 Å². The van der Waals surface area contributed by atoms with Gasteiger partial charge in [0.2, 0.25) is 0 Å². The summed E-state index contributed by atoms with van der Waals surface area (Å²) >= 11 is 5.11. The van der Waals surface area contributed by atoms with Gasteiger partial charge in [0, 0.05) is 39.4 Å². The van der Waals surface area contributed by atoms with E-state index in [1.165, 1.54) is 0 Å². The van der Waals surface area contributed by atoms with Gasteiger partial charge in [-0.05, 0) is 54.0 Å². The predicted molar refractivity (Wildman–Crippen MR) is 105 cm³/mol. The van der Waals surface area contributed by atoms with Crippen LogP contribution in [0.3, 0.4) is 0 Å². The zero-order valence-corrected chi connectivity index (χ0v) is 16.9. The third-order valence-corrected chi connectivity index (χ3v) is 5.89. The van der Waals surface area contributed by atoms with Gasteiger partial charge in [0.15, 0.2) is 0 Å². The number of carbonyl (C=O) groups is 1. The van der Waals surface area contributed by atoms with Gasteiger partial charge in [-0.15, -0.1) is 11.3 Å². The van der Waals surface area contributed by atoms with E-state index < -0.39 is 0 Å². The number of rotatable bonds is 5. The van der Waals surface area contributed by atoms with Gasteiger partial charge in [0.05, 0.1) is 24.3 Å². The number of aryl methyl sites for hydroxylation is 1. The number of halogens is 1. The minimum Gasteiger partial charge on any atom is -0.342 e. The summed E-state index contributed by atoms with van der Waals surface area (Å²) in [6.45, 7) is 5.31. The lowest BCUT2D eigenvalue weighted by molar-refractivity contribution is 0.0785. The molecule has 0 spiro atoms. The molecule has 3 heterocycles. The van der Waals surface area contributed by atoms with Gasteiger partial charge in [-0.1, -0.05) is 6.07 Å². The zero-order chi connectivity index (χ0) is 18.0. The normalized spacial score (nSPS) is 10.9. The molecule has 0 saturated carbocycles. The SMILES string of the molecule is Cc1cc(C(=O)N(C)Cc2cc(Br)cs2)c(C)n1Cc1ccccn1. The first kappa shape index (κ1) is 17.9. The first-order valence-corrected chi connectivity index (χ1v) is 9.68. The highest BCUT2D eigenvalue weighted by Crippen LogP contribution is 2.23. The number of amides is 1. The van der Waals surface area contributed by atoms with E-state index in [0.29, 0.717) is 13.1 Å². The van der Waals surface area contributed by atoms with Crippen molar-refractivity contribution in [1.29, 1.82) is 0 Å². The molecule has 0 saturated heterocycles. The number of carbonyl (C=O) groups excluding carboxylic acids is 1. The van der Waals surface area contributed by atoms with Gasteiger partial charge in [0.25, 0.3) is 5.91 Å². The molecule has 6 heteroatoms. The maximum atomic E-state index is 12.9. The van der Waals surface area contributed by atoms with Crippen molar-refractivity contribution in [3.8, 4) is 0 Å². The molecule has 0 aliphatic heterocycles. The zero-order valence-electron chi connectivity index (χ0n) is 14.5. The van der Waals surface area contributed by atoms with Gasteiger partial charge in [0.1, 0.15) is 0 Å². The molecule has 0 radical (unpaired) electrons. The molecule has 0 N–H and O–H groups in total. The third kappa shape index (κ3) is 4.02. The van der Waals surface area contributed by atoms with Crippen LogP contribution in [0.1, 0.15) is 32.3 Å². The van der Waals surface area contributed by atoms with Gasteiger partial charge in [-0.25, -0.2) is 0 Å². The molecule has 0 unspecified atom stereocenters. The van der Waals surface area contributed by atoms with Crippen LogP contribution in [0.2, 0.25) is 0 Å². The number of hydrogen-bond donors (Lipinski definition) is 0. The number of hydrogen-bond acceptors (Lipinski definition) is 3. The van der Waals surface area contributed by atoms with E-state index in [1.54, 1.807) is 22.4 Å². The summed E-state index contributed by atoms with van der Waals surface area (Å²) in [6, 6.07) is 9.92. The number of thiophene rings is 1. The Morgan fingerprint density at radius 3 is 2.76 bits per heavy atom. The molecule has 0 atom stereocenters. The summed E-state index contributed by atoms with van der Waals surface area (Å²) in [5.74, 6) is 0.0462. The predicted octanol–water partition coefficient (Wildman–Crippen LogP) is 4.64. The Balaban J connectivity index is 1.80. The molecule has 1 amide bonds. The van der Waals surface area contributed by atoms with Crippen LogP contribution in [-0.4, -0.2) is 27.4 Å². The molecule has 0 aliphatic carbocycles. The van der Waals surface area contributed by atoms with E-state index in [0.717, 1.165) is 32.0 Å². The van der Waals surface area contributed by atoms with Crippen molar-refractivity contribution >= 4 is 33.2 Å². The van der Waals surface area contributed by atoms with Crippen LogP contribution in [0.5, 0.6) is 0 Å². The highest BCUT2D eigenvalue weighted by atomic mass is 79.9. The maximum absolute atomic E-state index is 12.9. The number of aromatic nitrogens is 2. The van der Waals surface area contributed by atoms with E-state index in [2.05, 4.69) is 31.5 Å². The van der Waals surface area contributed by atoms with Crippen molar-refractivity contribution in [3.63, 3.8) is 0 Å². The van der Waals surface area contributed by atoms with Crippen molar-refractivity contribution < 1.29 is 4.79 Å². The summed E-state index contributed by atoms with van der Waals surface area (Å²) < 4.78 is 3.20. The molecule has 3 rings (SSSR count). The highest BCUT2D eigenvalue weighted by molar-refractivity contribution is 9.10. The van der Waals surface area contributed by atoms with E-state index in [1.807, 2.05) is 50.5 Å². The topological polar surface area (TPSA) is 38.1 Å². The van der Waals surface area contributed by atoms with E-state index >= 15 is 0 Å². The van der Waals surface area contributed by atoms with Gasteiger partial charge in [-0.3, -0.25) is 9.78 Å². The smallest absolute Gasteiger partial charge is 0.255 e. The molecular weight excluding hydrogens is 398 g/mol. The van der Waals surface area contributed by atoms with Crippen molar-refractivity contribution in [2.75, 3.05) is 7.05 Å². The number of nitrogens with zero attached hydrogens (tertiary/aromatic N) is 3. The summed E-state index contributed by atoms with van der Waals surface area (Å²) in [7, 11) is 1.85. The van der Waals surface area contributed by atoms with Crippen LogP contribution in [0.15, 0.2) is 46.4 Å². The fourth-order valence-corrected chi connectivity index (χ4v) is 4.37. The molecule has 3 aromatic rings. The molecule has 4 nitrogen and oxygen atoms in total. The maximum Gasteiger partial charge on any atom is 0.255 e. The Morgan fingerprint density at radius 1 is 1.32 bits per heavy atom. The fraction of sp³-hybridized carbons (Fsp3) is 0.263. The second-order valence-electron chi connectivity index (χ2n) is 6.08. The monoisotopic (exact) mass is 417 g/mol. The number of pyridine rings is 1. The molecular formula is C19H20BrN3OS. The quantitative estimate of drug-likeness (QED) is 0.605. The lowest BCUT2D eigenvalue weighted by Crippen LogP contribution is -2.26. The first-order chi connectivity index (χ1) is 12.0. The molecule has 130 valence electrons. The fourth-order valence-electron chi connectivity index (χ4n) is 2.86. The van der Waals surface area contributed by atoms with Crippen LogP contribution in [-0.2, 0) is 13.1 Å². The van der Waals surface area contributed by atoms with Crippen LogP contribution in [0.4, 0.5) is 0 Å². The molecule has 25 heavy (non-hydrogen) atoms. The average Bonchev–Trinajstić information content (AvgIpc) is 3.13. The molecule has 0 aliphatic rings. The van der Waals surface area contributed by atoms with Crippen molar-refractivity contribution in [1.82, 2.24) is 14.5 Å². The Hall–Kier alpha value is -1.92. The van der Waals surface area contributed by atoms with E-state index in [4.69, 9.17) is 0 Å². The lowest BCUT2D eigenvalue weighted by atomic mass is 10.2. The lowest BCUT2D eigenvalue weighted by Gasteiger charge is -2.16. The highest BCUT2D eigenvalue weighted by Gasteiger charge is 2.19. The Kier molecular flexibility index (Phi) is 5.39. The molecule has 0 aromatic carbocycles. The second kappa shape index (κ2) is 7.54. The molecule has 0 bridgehead atoms. The first-order valence-electron chi connectivity index (χ1n) is 8.00. The summed E-state index contributed by atoms with van der Waals surface area (Å²) in [5.41, 5.74) is 3.79. The van der Waals surface area contributed by atoms with Crippen LogP contribution in [0.25, 0.3) is 0 Å². The van der Waals surface area contributed by atoms with Gasteiger partial charge in [-0.2, -0.15) is 0 Å². The van der Waals surface area contributed by atoms with Crippen molar-refractivity contribution in [2.45, 2.75) is 26.9 Å². The minimum atomic E-state index is 0.0462. The average molecular weight is 418 g/mol. The van der Waals surface area contributed by atoms with Crippen LogP contribution < -0.4 is 0 Å². The minimum absolute atomic E-state index is 0.0462. The van der Waals surface area contributed by atoms with Crippen LogP contribution in [0, 0.1) is 13.8 Å². The van der Waals surface area contributed by atoms with E-state index in [9.17, 15) is 4.79 Å².